The number of hydrogen-bond donors (Lipinski definition) is 1. The van der Waals surface area contributed by atoms with Crippen LogP contribution in [-0.4, -0.2) is 33.0 Å². The van der Waals surface area contributed by atoms with E-state index in [0.717, 1.165) is 22.5 Å². The third-order valence-electron chi connectivity index (χ3n) is 5.94. The molecule has 5 aromatic rings. The molecule has 3 heterocycles. The van der Waals surface area contributed by atoms with Gasteiger partial charge in [-0.05, 0) is 30.7 Å². The van der Waals surface area contributed by atoms with Crippen LogP contribution in [0.15, 0.2) is 83.7 Å². The van der Waals surface area contributed by atoms with Crippen molar-refractivity contribution in [3.8, 4) is 11.4 Å². The average Bonchev–Trinajstić information content (AvgIpc) is 3.51. The number of thiazole rings is 1. The normalized spacial score (nSPS) is 14.4. The summed E-state index contributed by atoms with van der Waals surface area (Å²) >= 11 is 1.12. The van der Waals surface area contributed by atoms with Crippen molar-refractivity contribution in [2.45, 2.75) is 6.92 Å². The van der Waals surface area contributed by atoms with Crippen molar-refractivity contribution >= 4 is 45.1 Å². The summed E-state index contributed by atoms with van der Waals surface area (Å²) in [4.78, 5) is 46.0. The van der Waals surface area contributed by atoms with Crippen molar-refractivity contribution in [2.75, 3.05) is 16.8 Å². The van der Waals surface area contributed by atoms with E-state index in [2.05, 4.69) is 15.4 Å². The van der Waals surface area contributed by atoms with Gasteiger partial charge in [-0.15, -0.1) is 5.10 Å². The molecule has 1 N–H and O–H groups in total. The summed E-state index contributed by atoms with van der Waals surface area (Å²) < 4.78 is 1.49. The number of benzene rings is 3. The topological polar surface area (TPSA) is 96.7 Å². The second kappa shape index (κ2) is 8.54. The monoisotopic (exact) mass is 493 g/mol. The summed E-state index contributed by atoms with van der Waals surface area (Å²) in [6.07, 6.45) is 0. The summed E-state index contributed by atoms with van der Waals surface area (Å²) in [6.45, 7) is 1.76. The summed E-state index contributed by atoms with van der Waals surface area (Å²) in [5.41, 5.74) is 3.52. The average molecular weight is 494 g/mol. The van der Waals surface area contributed by atoms with Crippen molar-refractivity contribution in [1.82, 2.24) is 14.6 Å². The van der Waals surface area contributed by atoms with Crippen LogP contribution >= 0.6 is 11.3 Å². The first-order chi connectivity index (χ1) is 17.5. The lowest BCUT2D eigenvalue weighted by Crippen LogP contribution is -2.37. The maximum absolute atomic E-state index is 13.6. The number of carbonyl (C=O) groups is 2. The van der Waals surface area contributed by atoms with Crippen LogP contribution in [0.3, 0.4) is 0 Å². The number of rotatable bonds is 4. The highest BCUT2D eigenvalue weighted by Crippen LogP contribution is 2.35. The minimum Gasteiger partial charge on any atom is -0.325 e. The lowest BCUT2D eigenvalue weighted by atomic mass is 10.1. The van der Waals surface area contributed by atoms with Gasteiger partial charge in [0.15, 0.2) is 5.82 Å². The quantitative estimate of drug-likeness (QED) is 0.415. The predicted molar refractivity (Wildman–Crippen MR) is 139 cm³/mol. The number of para-hydroxylation sites is 1. The van der Waals surface area contributed by atoms with Crippen molar-refractivity contribution in [3.63, 3.8) is 0 Å². The van der Waals surface area contributed by atoms with Crippen LogP contribution in [0.4, 0.5) is 11.4 Å². The zero-order valence-electron chi connectivity index (χ0n) is 19.1. The first kappa shape index (κ1) is 21.9. The molecule has 0 spiro atoms. The number of amides is 2. The van der Waals surface area contributed by atoms with Gasteiger partial charge in [0.2, 0.25) is 10.9 Å². The standard InChI is InChI=1S/C27H19N5O3S/c1-16-8-7-11-18(14-16)28-21(33)15-31-20-13-6-5-12-19(20)22(25(31)34)23-26(35)32-27(36-23)29-24(30-32)17-9-3-2-4-10-17/h2-14H,15H2,1H3,(H,28,33)/b23-22-. The minimum absolute atomic E-state index is 0.180. The summed E-state index contributed by atoms with van der Waals surface area (Å²) in [6, 6.07) is 24.0. The third kappa shape index (κ3) is 3.66. The number of fused-ring (bicyclic) bond motifs is 2. The van der Waals surface area contributed by atoms with E-state index in [9.17, 15) is 14.4 Å². The summed E-state index contributed by atoms with van der Waals surface area (Å²) in [5, 5.41) is 7.22. The molecule has 176 valence electrons. The molecule has 0 aliphatic carbocycles. The maximum atomic E-state index is 13.6. The molecule has 3 aromatic carbocycles. The molecule has 0 fully saturated rings. The molecule has 0 saturated carbocycles. The highest BCUT2D eigenvalue weighted by Gasteiger charge is 2.35. The molecule has 8 nitrogen and oxygen atoms in total. The Labute approximate surface area is 209 Å². The first-order valence-electron chi connectivity index (χ1n) is 11.3. The fourth-order valence-corrected chi connectivity index (χ4v) is 5.32. The Morgan fingerprint density at radius 1 is 0.972 bits per heavy atom. The molecule has 36 heavy (non-hydrogen) atoms. The van der Waals surface area contributed by atoms with E-state index in [4.69, 9.17) is 0 Å². The van der Waals surface area contributed by atoms with Crippen LogP contribution in [0.1, 0.15) is 11.1 Å². The Balaban J connectivity index is 1.39. The minimum atomic E-state index is -0.408. The van der Waals surface area contributed by atoms with E-state index < -0.39 is 11.5 Å². The molecule has 0 atom stereocenters. The van der Waals surface area contributed by atoms with Gasteiger partial charge in [0.1, 0.15) is 11.1 Å². The lowest BCUT2D eigenvalue weighted by molar-refractivity contribution is -0.118. The van der Waals surface area contributed by atoms with E-state index in [1.807, 2.05) is 55.5 Å². The molecule has 0 bridgehead atoms. The van der Waals surface area contributed by atoms with Crippen LogP contribution in [0.5, 0.6) is 0 Å². The second-order valence-corrected chi connectivity index (χ2v) is 9.41. The zero-order chi connectivity index (χ0) is 24.8. The van der Waals surface area contributed by atoms with Gasteiger partial charge in [0.05, 0.1) is 11.3 Å². The predicted octanol–water partition coefficient (Wildman–Crippen LogP) is 3.03. The molecule has 1 aliphatic rings. The van der Waals surface area contributed by atoms with Crippen LogP contribution < -0.4 is 20.3 Å². The maximum Gasteiger partial charge on any atom is 0.291 e. The highest BCUT2D eigenvalue weighted by atomic mass is 32.1. The smallest absolute Gasteiger partial charge is 0.291 e. The fraction of sp³-hybridized carbons (Fsp3) is 0.0741. The number of nitrogens with one attached hydrogen (secondary N) is 1. The number of carbonyl (C=O) groups excluding carboxylic acids is 2. The Morgan fingerprint density at radius 2 is 1.75 bits per heavy atom. The second-order valence-electron chi connectivity index (χ2n) is 8.43. The van der Waals surface area contributed by atoms with Gasteiger partial charge in [-0.3, -0.25) is 19.3 Å². The van der Waals surface area contributed by atoms with E-state index in [0.29, 0.717) is 27.7 Å². The zero-order valence-corrected chi connectivity index (χ0v) is 20.0. The van der Waals surface area contributed by atoms with Crippen molar-refractivity contribution in [2.24, 2.45) is 0 Å². The highest BCUT2D eigenvalue weighted by molar-refractivity contribution is 7.15. The van der Waals surface area contributed by atoms with Crippen molar-refractivity contribution in [3.05, 3.63) is 105 Å². The Kier molecular flexibility index (Phi) is 5.19. The number of nitrogens with zero attached hydrogens (tertiary/aromatic N) is 4. The molecule has 1 aliphatic heterocycles. The fourth-order valence-electron chi connectivity index (χ4n) is 4.32. The van der Waals surface area contributed by atoms with E-state index >= 15 is 0 Å². The van der Waals surface area contributed by atoms with E-state index in [1.165, 1.54) is 9.42 Å². The lowest BCUT2D eigenvalue weighted by Gasteiger charge is -2.16. The van der Waals surface area contributed by atoms with Crippen LogP contribution in [0.25, 0.3) is 21.9 Å². The molecule has 2 aromatic heterocycles. The molecule has 0 saturated heterocycles. The van der Waals surface area contributed by atoms with Gasteiger partial charge in [-0.2, -0.15) is 9.50 Å². The molecule has 6 rings (SSSR count). The van der Waals surface area contributed by atoms with Gasteiger partial charge < -0.3 is 5.32 Å². The summed E-state index contributed by atoms with van der Waals surface area (Å²) in [7, 11) is 0. The van der Waals surface area contributed by atoms with Crippen LogP contribution in [0, 0.1) is 6.92 Å². The van der Waals surface area contributed by atoms with Crippen molar-refractivity contribution in [1.29, 1.82) is 0 Å². The van der Waals surface area contributed by atoms with Gasteiger partial charge in [-0.1, -0.05) is 72.0 Å². The molecular formula is C27H19N5O3S. The first-order valence-corrected chi connectivity index (χ1v) is 12.1. The van der Waals surface area contributed by atoms with Gasteiger partial charge in [-0.25, -0.2) is 0 Å². The van der Waals surface area contributed by atoms with Crippen LogP contribution in [-0.2, 0) is 9.59 Å². The largest absolute Gasteiger partial charge is 0.325 e. The molecule has 0 unspecified atom stereocenters. The van der Waals surface area contributed by atoms with Crippen molar-refractivity contribution < 1.29 is 9.59 Å². The van der Waals surface area contributed by atoms with Gasteiger partial charge >= 0.3 is 0 Å². The number of hydrogen-bond acceptors (Lipinski definition) is 6. The Hall–Kier alpha value is -4.63. The number of anilines is 2. The van der Waals surface area contributed by atoms with E-state index in [1.54, 1.807) is 30.3 Å². The van der Waals surface area contributed by atoms with E-state index in [-0.39, 0.29) is 22.6 Å². The van der Waals surface area contributed by atoms with Gasteiger partial charge in [0.25, 0.3) is 11.5 Å². The number of aromatic nitrogens is 3. The Morgan fingerprint density at radius 3 is 2.53 bits per heavy atom. The van der Waals surface area contributed by atoms with Crippen LogP contribution in [0.2, 0.25) is 0 Å². The number of aryl methyl sites for hydroxylation is 1. The SMILES string of the molecule is Cc1cccc(NC(=O)CN2C(=O)/C(=c3\sc4nc(-c5ccccc5)nn4c3=O)c3ccccc32)c1. The molecule has 0 radical (unpaired) electrons. The third-order valence-corrected chi connectivity index (χ3v) is 6.97. The van der Waals surface area contributed by atoms with Gasteiger partial charge in [0, 0.05) is 16.8 Å². The summed E-state index contributed by atoms with van der Waals surface area (Å²) in [5.74, 6) is -0.286. The Bertz CT molecular complexity index is 1770. The molecular weight excluding hydrogens is 474 g/mol. The molecule has 2 amide bonds. The molecule has 9 heteroatoms.